The van der Waals surface area contributed by atoms with E-state index in [1.165, 1.54) is 24.3 Å². The first-order valence-electron chi connectivity index (χ1n) is 32.0. The van der Waals surface area contributed by atoms with Gasteiger partial charge in [-0.05, 0) is 6.07 Å². The Labute approximate surface area is 573 Å². The average molecular weight is 1480 g/mol. The molecule has 0 radical (unpaired) electrons. The molecule has 23 heterocycles. The van der Waals surface area contributed by atoms with Crippen molar-refractivity contribution in [1.82, 2.24) is 24.7 Å². The standard InChI is InChI=1S/C42H70O35.C16H14F3N5O/c43-1-8-29-15(50)22(57)36(64-8)72-30-9(2-44)66-38(24(59)17(30)52)74-32-11(4-46)68-40(26(61)19(32)54)76-34-13(6-48)70-42(28(63)21(34)56)77-35-14(7-49)69-41(27(62)20(35)55)75-33-12(5-47)67-39(25(60)18(33)53)73-31-10(3-45)65-37(71-29)23(58)16(31)51;1-10(15-14(19)5-20-7-22-15)16(25,6-24-9-21-8-23-24)12-3-2-11(17)4-13(12)18/h8-63H,1-7H2;2-5,7-10,25H,6H2,1H3/t8-,9-,10-,11-,12-,13-,14-,15-,16-,17-,18-,19-,20-,21-,22-,23-,24-,25-,26-,27-,28-,29-,30-,31-,32-,33-,34-,35-,36-,37-,38-,39-,40-,41-,42-;10-,16+/m10/s1. The molecule has 578 valence electrons. The predicted octanol–water partition coefficient (Wildman–Crippen LogP) is -13.1. The summed E-state index contributed by atoms with van der Waals surface area (Å²) >= 11 is 0. The Morgan fingerprint density at radius 3 is 0.882 bits per heavy atom. The predicted molar refractivity (Wildman–Crippen MR) is 309 cm³/mol. The van der Waals surface area contributed by atoms with Crippen LogP contribution in [-0.2, 0) is 78.5 Å². The van der Waals surface area contributed by atoms with Crippen molar-refractivity contribution in [3.63, 3.8) is 0 Å². The normalized spacial score (nSPS) is 45.5. The minimum atomic E-state index is -2.21. The number of aromatic nitrogens is 5. The van der Waals surface area contributed by atoms with Crippen LogP contribution in [0.4, 0.5) is 13.2 Å². The van der Waals surface area contributed by atoms with Crippen LogP contribution < -0.4 is 0 Å². The Kier molecular flexibility index (Phi) is 27.1. The van der Waals surface area contributed by atoms with E-state index in [0.717, 1.165) is 24.7 Å². The van der Waals surface area contributed by atoms with Crippen LogP contribution in [0.3, 0.4) is 0 Å². The van der Waals surface area contributed by atoms with Gasteiger partial charge in [0.05, 0.1) is 64.7 Å². The van der Waals surface area contributed by atoms with Gasteiger partial charge in [0.1, 0.15) is 207 Å². The molecule has 0 unspecified atom stereocenters. The summed E-state index contributed by atoms with van der Waals surface area (Å²) in [5, 5.41) is 245. The van der Waals surface area contributed by atoms with Gasteiger partial charge >= 0.3 is 0 Å². The van der Waals surface area contributed by atoms with Crippen molar-refractivity contribution in [2.75, 3.05) is 46.2 Å². The highest BCUT2D eigenvalue weighted by molar-refractivity contribution is 5.30. The van der Waals surface area contributed by atoms with Crippen LogP contribution in [0.1, 0.15) is 24.1 Å². The van der Waals surface area contributed by atoms with Crippen LogP contribution in [0.5, 0.6) is 0 Å². The molecule has 21 aliphatic heterocycles. The van der Waals surface area contributed by atoms with E-state index in [9.17, 15) is 126 Å². The third-order valence-corrected chi connectivity index (χ3v) is 18.9. The molecule has 0 spiro atoms. The second-order valence-corrected chi connectivity index (χ2v) is 25.3. The summed E-state index contributed by atoms with van der Waals surface area (Å²) in [6.45, 7) is -6.07. The van der Waals surface area contributed by atoms with Crippen molar-refractivity contribution in [3.05, 3.63) is 72.1 Å². The molecule has 41 nitrogen and oxygen atoms in total. The number of halogens is 3. The number of aliphatic hydroxyl groups is 22. The molecule has 2 aromatic heterocycles. The molecule has 0 aliphatic carbocycles. The van der Waals surface area contributed by atoms with Gasteiger partial charge in [-0.2, -0.15) is 5.10 Å². The molecule has 3 aromatic rings. The summed E-state index contributed by atoms with van der Waals surface area (Å²) in [6, 6.07) is 2.80. The summed E-state index contributed by atoms with van der Waals surface area (Å²) in [4.78, 5) is 11.2. The zero-order chi connectivity index (χ0) is 74.1. The van der Waals surface area contributed by atoms with Crippen molar-refractivity contribution in [2.24, 2.45) is 0 Å². The summed E-state index contributed by atoms with van der Waals surface area (Å²) < 4.78 is 122. The molecular weight excluding hydrogens is 1400 g/mol. The van der Waals surface area contributed by atoms with Crippen LogP contribution in [0, 0.1) is 17.5 Å². The molecular formula is C58H84F3N5O36. The van der Waals surface area contributed by atoms with Gasteiger partial charge in [0.25, 0.3) is 0 Å². The lowest BCUT2D eigenvalue weighted by Crippen LogP contribution is -2.68. The fourth-order valence-corrected chi connectivity index (χ4v) is 13.1. The lowest BCUT2D eigenvalue weighted by Gasteiger charge is -2.50. The smallest absolute Gasteiger partial charge is 0.187 e. The fourth-order valence-electron chi connectivity index (χ4n) is 13.1. The minimum absolute atomic E-state index is 0.0960. The maximum Gasteiger partial charge on any atom is 0.187 e. The molecule has 0 amide bonds. The van der Waals surface area contributed by atoms with Gasteiger partial charge in [0, 0.05) is 17.5 Å². The zero-order valence-electron chi connectivity index (χ0n) is 53.4. The zero-order valence-corrected chi connectivity index (χ0v) is 53.4. The Hall–Kier alpha value is -4.21. The highest BCUT2D eigenvalue weighted by Crippen LogP contribution is 2.42. The third-order valence-electron chi connectivity index (χ3n) is 18.9. The second-order valence-electron chi connectivity index (χ2n) is 25.3. The van der Waals surface area contributed by atoms with Gasteiger partial charge in [-0.15, -0.1) is 0 Å². The lowest BCUT2D eigenvalue weighted by molar-refractivity contribution is -0.396. The molecule has 0 saturated carbocycles. The van der Waals surface area contributed by atoms with E-state index in [1.54, 1.807) is 0 Å². The maximum absolute atomic E-state index is 14.4. The number of ether oxygens (including phenoxy) is 14. The van der Waals surface area contributed by atoms with E-state index in [2.05, 4.69) is 20.1 Å². The third kappa shape index (κ3) is 16.3. The first-order chi connectivity index (χ1) is 48.6. The topological polar surface area (TPSA) is 631 Å². The maximum atomic E-state index is 14.4. The van der Waals surface area contributed by atoms with Crippen LogP contribution in [-0.4, -0.2) is 398 Å². The number of nitrogens with zero attached hydrogens (tertiary/aromatic N) is 5. The van der Waals surface area contributed by atoms with Crippen molar-refractivity contribution < 1.29 is 192 Å². The summed E-state index contributed by atoms with van der Waals surface area (Å²) in [6.07, 6.45) is -65.6. The Morgan fingerprint density at radius 2 is 0.657 bits per heavy atom. The molecule has 102 heavy (non-hydrogen) atoms. The molecule has 21 fully saturated rings. The average Bonchev–Trinajstić information content (AvgIpc) is 0.837. The lowest BCUT2D eigenvalue weighted by atomic mass is 9.79. The van der Waals surface area contributed by atoms with Gasteiger partial charge in [-0.3, -0.25) is 0 Å². The Bertz CT molecular complexity index is 2740. The minimum Gasteiger partial charge on any atom is -0.394 e. The van der Waals surface area contributed by atoms with E-state index in [4.69, 9.17) is 66.3 Å². The van der Waals surface area contributed by atoms with Crippen LogP contribution in [0.2, 0.25) is 0 Å². The summed E-state index contributed by atoms with van der Waals surface area (Å²) in [7, 11) is 0. The summed E-state index contributed by atoms with van der Waals surface area (Å²) in [5.74, 6) is -3.47. The fraction of sp³-hybridized carbons (Fsp3) is 0.793. The number of hydrogen-bond acceptors (Lipinski definition) is 40. The summed E-state index contributed by atoms with van der Waals surface area (Å²) in [5.41, 5.74) is -2.25. The van der Waals surface area contributed by atoms with Gasteiger partial charge in [0.2, 0.25) is 0 Å². The number of benzene rings is 1. The van der Waals surface area contributed by atoms with E-state index >= 15 is 0 Å². The molecule has 24 rings (SSSR count). The van der Waals surface area contributed by atoms with Gasteiger partial charge in [0.15, 0.2) is 49.8 Å². The van der Waals surface area contributed by atoms with Crippen molar-refractivity contribution in [2.45, 2.75) is 240 Å². The molecule has 14 bridgehead atoms. The van der Waals surface area contributed by atoms with Gasteiger partial charge in [-0.1, -0.05) is 13.0 Å². The van der Waals surface area contributed by atoms with Gasteiger partial charge in [-0.25, -0.2) is 32.8 Å². The van der Waals surface area contributed by atoms with Gasteiger partial charge < -0.3 is 179 Å². The van der Waals surface area contributed by atoms with Crippen molar-refractivity contribution in [1.29, 1.82) is 0 Å². The molecule has 44 heteroatoms. The van der Waals surface area contributed by atoms with Crippen LogP contribution in [0.15, 0.2) is 43.4 Å². The first-order valence-corrected chi connectivity index (χ1v) is 32.0. The van der Waals surface area contributed by atoms with E-state index in [0.29, 0.717) is 6.07 Å². The monoisotopic (exact) mass is 1480 g/mol. The van der Waals surface area contributed by atoms with Crippen LogP contribution >= 0.6 is 0 Å². The molecule has 37 atom stereocenters. The van der Waals surface area contributed by atoms with E-state index < -0.39 is 290 Å². The SMILES string of the molecule is C[C@@H](c1ncncc1F)[C@](O)(Cn1cncn1)c1ccc(F)cc1F.OC[C@H]1O[C@@H]2O[C@H]3[C@H](O)[C@@H](O)[C@@H](O[C@H]4[C@H](O)[C@@H](O)[C@@H](O[C@H]5[C@H](O)[C@@H](O)[C@@H](O[C@H]6[C@H](O)[C@@H](O)[C@@H](O[C@H]7[C@H](O)[C@@H](O)[C@@H](O[C@H]8[C@H](O)[C@@H](O)[C@@H](O[C@H]1[C@H](O)[C@H]2O)O[C@@H]8CO)O[C@@H]7CO)O[C@@H]6CO)O[C@@H]5CO)O[C@@H]4CO)O[C@@H]3CO. The molecule has 22 N–H and O–H groups in total. The Balaban J connectivity index is 0.000000374. The highest BCUT2D eigenvalue weighted by atomic mass is 19.1. The Morgan fingerprint density at radius 1 is 0.382 bits per heavy atom. The second kappa shape index (κ2) is 34.4. The quantitative estimate of drug-likeness (QED) is 0.0801. The number of hydrogen-bond donors (Lipinski definition) is 22. The highest BCUT2D eigenvalue weighted by Gasteiger charge is 2.60. The molecule has 21 aliphatic rings. The van der Waals surface area contributed by atoms with E-state index in [1.807, 2.05) is 0 Å². The largest absolute Gasteiger partial charge is 0.394 e. The van der Waals surface area contributed by atoms with Crippen molar-refractivity contribution >= 4 is 0 Å². The molecule has 21 saturated heterocycles. The molecule has 1 aromatic carbocycles. The van der Waals surface area contributed by atoms with Crippen molar-refractivity contribution in [3.8, 4) is 0 Å². The van der Waals surface area contributed by atoms with Crippen LogP contribution in [0.25, 0.3) is 0 Å². The number of rotatable bonds is 12. The number of aliphatic hydroxyl groups excluding tert-OH is 21. The first kappa shape index (κ1) is 80.3. The van der Waals surface area contributed by atoms with E-state index in [-0.39, 0.29) is 17.8 Å².